The molecule has 2 rings (SSSR count). The van der Waals surface area contributed by atoms with Gasteiger partial charge >= 0.3 is 0 Å². The molecule has 6 nitrogen and oxygen atoms in total. The van der Waals surface area contributed by atoms with E-state index in [1.807, 2.05) is 0 Å². The molecule has 0 amide bonds. The van der Waals surface area contributed by atoms with Gasteiger partial charge in [-0.2, -0.15) is 0 Å². The normalized spacial score (nSPS) is 19.6. The number of nitro benzene ring substituents is 1. The molecule has 1 N–H and O–H groups in total. The molecule has 1 heterocycles. The van der Waals surface area contributed by atoms with Crippen LogP contribution in [0.3, 0.4) is 0 Å². The lowest BCUT2D eigenvalue weighted by Crippen LogP contribution is -2.46. The van der Waals surface area contributed by atoms with Crippen molar-refractivity contribution in [1.29, 1.82) is 0 Å². The van der Waals surface area contributed by atoms with Crippen LogP contribution in [0.1, 0.15) is 12.5 Å². The molecule has 116 valence electrons. The number of benzene rings is 1. The van der Waals surface area contributed by atoms with Crippen LogP contribution in [0.15, 0.2) is 18.2 Å². The Morgan fingerprint density at radius 2 is 2.38 bits per heavy atom. The fourth-order valence-corrected chi connectivity index (χ4v) is 2.68. The monoisotopic (exact) mass is 313 g/mol. The zero-order chi connectivity index (χ0) is 15.2. The van der Waals surface area contributed by atoms with Crippen LogP contribution in [0.4, 0.5) is 5.69 Å². The Labute approximate surface area is 129 Å². The van der Waals surface area contributed by atoms with Crippen LogP contribution in [-0.4, -0.2) is 48.7 Å². The second kappa shape index (κ2) is 7.70. The molecule has 0 spiro atoms. The molecule has 0 saturated carbocycles. The first-order valence-electron chi connectivity index (χ1n) is 7.08. The second-order valence-electron chi connectivity index (χ2n) is 5.01. The Morgan fingerprint density at radius 1 is 1.57 bits per heavy atom. The number of morpholine rings is 1. The highest BCUT2D eigenvalue weighted by molar-refractivity contribution is 6.31. The summed E-state index contributed by atoms with van der Waals surface area (Å²) in [6, 6.07) is 4.73. The third kappa shape index (κ3) is 4.38. The minimum absolute atomic E-state index is 0.0507. The van der Waals surface area contributed by atoms with E-state index < -0.39 is 4.92 Å². The van der Waals surface area contributed by atoms with E-state index >= 15 is 0 Å². The third-order valence-electron chi connectivity index (χ3n) is 3.63. The van der Waals surface area contributed by atoms with Crippen molar-refractivity contribution < 1.29 is 9.66 Å². The van der Waals surface area contributed by atoms with Crippen molar-refractivity contribution in [2.45, 2.75) is 19.6 Å². The largest absolute Gasteiger partial charge is 0.374 e. The minimum Gasteiger partial charge on any atom is -0.374 e. The van der Waals surface area contributed by atoms with Gasteiger partial charge in [0.25, 0.3) is 5.69 Å². The summed E-state index contributed by atoms with van der Waals surface area (Å²) in [6.07, 6.45) is 0.111. The van der Waals surface area contributed by atoms with Crippen LogP contribution in [0, 0.1) is 10.1 Å². The number of ether oxygens (including phenoxy) is 1. The lowest BCUT2D eigenvalue weighted by atomic mass is 10.1. The summed E-state index contributed by atoms with van der Waals surface area (Å²) < 4.78 is 5.68. The summed E-state index contributed by atoms with van der Waals surface area (Å²) in [5, 5.41) is 14.6. The molecule has 7 heteroatoms. The maximum Gasteiger partial charge on any atom is 0.275 e. The third-order valence-corrected chi connectivity index (χ3v) is 3.99. The van der Waals surface area contributed by atoms with Crippen LogP contribution in [0.5, 0.6) is 0 Å². The van der Waals surface area contributed by atoms with Gasteiger partial charge in [0.2, 0.25) is 0 Å². The van der Waals surface area contributed by atoms with Crippen LogP contribution >= 0.6 is 11.6 Å². The summed E-state index contributed by atoms with van der Waals surface area (Å²) in [4.78, 5) is 12.9. The van der Waals surface area contributed by atoms with Crippen molar-refractivity contribution >= 4 is 17.3 Å². The van der Waals surface area contributed by atoms with Crippen molar-refractivity contribution in [2.75, 3.05) is 32.8 Å². The molecule has 1 saturated heterocycles. The van der Waals surface area contributed by atoms with E-state index in [0.29, 0.717) is 23.7 Å². The van der Waals surface area contributed by atoms with Gasteiger partial charge in [-0.05, 0) is 12.6 Å². The fourth-order valence-electron chi connectivity index (χ4n) is 2.44. The van der Waals surface area contributed by atoms with Gasteiger partial charge in [0.1, 0.15) is 0 Å². The smallest absolute Gasteiger partial charge is 0.275 e. The molecule has 1 aromatic rings. The summed E-state index contributed by atoms with van der Waals surface area (Å²) in [5.41, 5.74) is 0.571. The second-order valence-corrected chi connectivity index (χ2v) is 5.42. The van der Waals surface area contributed by atoms with Crippen molar-refractivity contribution in [3.05, 3.63) is 38.9 Å². The molecule has 1 aliphatic rings. The topological polar surface area (TPSA) is 67.6 Å². The number of hydrogen-bond donors (Lipinski definition) is 1. The highest BCUT2D eigenvalue weighted by atomic mass is 35.5. The molecule has 21 heavy (non-hydrogen) atoms. The van der Waals surface area contributed by atoms with E-state index in [1.54, 1.807) is 12.1 Å². The minimum atomic E-state index is -0.404. The Morgan fingerprint density at radius 3 is 3.10 bits per heavy atom. The van der Waals surface area contributed by atoms with Crippen LogP contribution < -0.4 is 5.32 Å². The molecular weight excluding hydrogens is 294 g/mol. The number of hydrogen-bond acceptors (Lipinski definition) is 5. The quantitative estimate of drug-likeness (QED) is 0.643. The summed E-state index contributed by atoms with van der Waals surface area (Å²) in [7, 11) is 0. The van der Waals surface area contributed by atoms with Crippen LogP contribution in [-0.2, 0) is 11.3 Å². The first-order chi connectivity index (χ1) is 10.1. The number of nitrogens with one attached hydrogen (secondary N) is 1. The molecular formula is C14H20ClN3O3. The molecule has 1 aliphatic heterocycles. The average Bonchev–Trinajstić information content (AvgIpc) is 2.49. The molecule has 0 bridgehead atoms. The maximum atomic E-state index is 11.0. The van der Waals surface area contributed by atoms with Gasteiger partial charge in [0, 0.05) is 32.2 Å². The maximum absolute atomic E-state index is 11.0. The van der Waals surface area contributed by atoms with Gasteiger partial charge < -0.3 is 10.1 Å². The van der Waals surface area contributed by atoms with Crippen molar-refractivity contribution in [3.8, 4) is 0 Å². The van der Waals surface area contributed by atoms with Gasteiger partial charge in [0.15, 0.2) is 0 Å². The van der Waals surface area contributed by atoms with Crippen molar-refractivity contribution in [1.82, 2.24) is 10.2 Å². The molecule has 1 aromatic carbocycles. The summed E-state index contributed by atoms with van der Waals surface area (Å²) in [5.74, 6) is 0. The van der Waals surface area contributed by atoms with Crippen LogP contribution in [0.25, 0.3) is 0 Å². The predicted molar refractivity (Wildman–Crippen MR) is 81.7 cm³/mol. The number of halogens is 1. The zero-order valence-corrected chi connectivity index (χ0v) is 12.8. The highest BCUT2D eigenvalue weighted by Gasteiger charge is 2.20. The average molecular weight is 314 g/mol. The lowest BCUT2D eigenvalue weighted by molar-refractivity contribution is -0.385. The molecule has 1 atom stereocenters. The molecule has 0 aliphatic carbocycles. The molecule has 1 fully saturated rings. The number of nitrogens with zero attached hydrogens (tertiary/aromatic N) is 2. The molecule has 0 radical (unpaired) electrons. The SMILES string of the molecule is CCN1CCOC(CNCc2c(Cl)cccc2[N+](=O)[O-])C1. The highest BCUT2D eigenvalue weighted by Crippen LogP contribution is 2.25. The lowest BCUT2D eigenvalue weighted by Gasteiger charge is -2.32. The van der Waals surface area contributed by atoms with Gasteiger partial charge in [-0.3, -0.25) is 15.0 Å². The predicted octanol–water partition coefficient (Wildman–Crippen LogP) is 2.06. The Bertz CT molecular complexity index is 498. The van der Waals surface area contributed by atoms with E-state index in [0.717, 1.165) is 26.2 Å². The van der Waals surface area contributed by atoms with Crippen molar-refractivity contribution in [2.24, 2.45) is 0 Å². The van der Waals surface area contributed by atoms with E-state index in [2.05, 4.69) is 17.1 Å². The van der Waals surface area contributed by atoms with E-state index in [4.69, 9.17) is 16.3 Å². The van der Waals surface area contributed by atoms with E-state index in [-0.39, 0.29) is 11.8 Å². The van der Waals surface area contributed by atoms with Gasteiger partial charge in [-0.1, -0.05) is 24.6 Å². The summed E-state index contributed by atoms with van der Waals surface area (Å²) >= 11 is 6.06. The first-order valence-corrected chi connectivity index (χ1v) is 7.46. The van der Waals surface area contributed by atoms with Gasteiger partial charge in [0.05, 0.1) is 28.2 Å². The van der Waals surface area contributed by atoms with E-state index in [1.165, 1.54) is 6.07 Å². The Kier molecular flexibility index (Phi) is 5.93. The fraction of sp³-hybridized carbons (Fsp3) is 0.571. The molecule has 0 aromatic heterocycles. The van der Waals surface area contributed by atoms with Gasteiger partial charge in [-0.15, -0.1) is 0 Å². The van der Waals surface area contributed by atoms with Crippen molar-refractivity contribution in [3.63, 3.8) is 0 Å². The Balaban J connectivity index is 1.90. The molecule has 1 unspecified atom stereocenters. The van der Waals surface area contributed by atoms with Gasteiger partial charge in [-0.25, -0.2) is 0 Å². The Hall–Kier alpha value is -1.21. The number of nitro groups is 1. The first kappa shape index (κ1) is 16.2. The number of rotatable bonds is 6. The van der Waals surface area contributed by atoms with E-state index in [9.17, 15) is 10.1 Å². The standard InChI is InChI=1S/C14H20ClN3O3/c1-2-17-6-7-21-11(10-17)8-16-9-12-13(15)4-3-5-14(12)18(19)20/h3-5,11,16H,2,6-10H2,1H3. The summed E-state index contributed by atoms with van der Waals surface area (Å²) in [6.45, 7) is 6.73. The zero-order valence-electron chi connectivity index (χ0n) is 12.0. The number of likely N-dealkylation sites (N-methyl/N-ethyl adjacent to an activating group) is 1. The van der Waals surface area contributed by atoms with Crippen LogP contribution in [0.2, 0.25) is 5.02 Å².